The van der Waals surface area contributed by atoms with Crippen LogP contribution < -0.4 is 0 Å². The molecule has 6 nitrogen and oxygen atoms in total. The molecule has 110 valence electrons. The Morgan fingerprint density at radius 2 is 2.00 bits per heavy atom. The maximum atomic E-state index is 11.9. The van der Waals surface area contributed by atoms with E-state index in [1.165, 1.54) is 12.2 Å². The van der Waals surface area contributed by atoms with Crippen LogP contribution in [0.15, 0.2) is 0 Å². The van der Waals surface area contributed by atoms with Gasteiger partial charge < -0.3 is 9.64 Å². The monoisotopic (exact) mass is 272 g/mol. The summed E-state index contributed by atoms with van der Waals surface area (Å²) >= 11 is 0. The molecule has 0 spiro atoms. The number of hydroxylamine groups is 2. The topological polar surface area (TPSA) is 59.1 Å². The van der Waals surface area contributed by atoms with Gasteiger partial charge in [-0.25, -0.2) is 9.86 Å². The van der Waals surface area contributed by atoms with Crippen molar-refractivity contribution in [2.45, 2.75) is 39.2 Å². The molecule has 0 aromatic heterocycles. The van der Waals surface area contributed by atoms with Gasteiger partial charge in [0, 0.05) is 26.6 Å². The fourth-order valence-corrected chi connectivity index (χ4v) is 1.97. The van der Waals surface area contributed by atoms with Crippen LogP contribution in [-0.4, -0.2) is 54.8 Å². The summed E-state index contributed by atoms with van der Waals surface area (Å²) in [6.45, 7) is 6.74. The first-order valence-electron chi connectivity index (χ1n) is 6.51. The molecule has 6 heteroatoms. The lowest BCUT2D eigenvalue weighted by atomic mass is 10.0. The molecule has 1 fully saturated rings. The largest absolute Gasteiger partial charge is 0.444 e. The van der Waals surface area contributed by atoms with Crippen LogP contribution in [0.1, 0.15) is 33.6 Å². The van der Waals surface area contributed by atoms with Crippen LogP contribution >= 0.6 is 0 Å². The molecule has 0 aromatic rings. The van der Waals surface area contributed by atoms with Crippen molar-refractivity contribution in [1.29, 1.82) is 0 Å². The van der Waals surface area contributed by atoms with E-state index in [2.05, 4.69) is 0 Å². The Kier molecular flexibility index (Phi) is 5.17. The molecule has 1 heterocycles. The van der Waals surface area contributed by atoms with Crippen LogP contribution in [0.5, 0.6) is 0 Å². The molecule has 0 N–H and O–H groups in total. The number of hydrogen-bond acceptors (Lipinski definition) is 4. The Balaban J connectivity index is 2.41. The lowest BCUT2D eigenvalue weighted by Crippen LogP contribution is -2.35. The van der Waals surface area contributed by atoms with E-state index < -0.39 is 5.60 Å². The molecule has 0 saturated carbocycles. The predicted molar refractivity (Wildman–Crippen MR) is 70.3 cm³/mol. The highest BCUT2D eigenvalue weighted by Crippen LogP contribution is 2.22. The summed E-state index contributed by atoms with van der Waals surface area (Å²) in [4.78, 5) is 30.1. The van der Waals surface area contributed by atoms with Gasteiger partial charge in [-0.1, -0.05) is 0 Å². The summed E-state index contributed by atoms with van der Waals surface area (Å²) < 4.78 is 5.31. The number of hydrogen-bond donors (Lipinski definition) is 0. The van der Waals surface area contributed by atoms with Crippen molar-refractivity contribution in [1.82, 2.24) is 9.96 Å². The molecule has 19 heavy (non-hydrogen) atoms. The third-order valence-electron chi connectivity index (χ3n) is 3.03. The molecule has 0 bridgehead atoms. The van der Waals surface area contributed by atoms with Gasteiger partial charge in [-0.3, -0.25) is 9.63 Å². The summed E-state index contributed by atoms with van der Waals surface area (Å²) in [5, 5.41) is 1.22. The highest BCUT2D eigenvalue weighted by Gasteiger charge is 2.31. The summed E-state index contributed by atoms with van der Waals surface area (Å²) in [5.74, 6) is 0.108. The first kappa shape index (κ1) is 15.8. The number of carbonyl (C=O) groups excluding carboxylic acids is 2. The van der Waals surface area contributed by atoms with Gasteiger partial charge in [0.15, 0.2) is 0 Å². The fraction of sp³-hybridized carbons (Fsp3) is 0.846. The van der Waals surface area contributed by atoms with Gasteiger partial charge in [0.05, 0.1) is 7.11 Å². The van der Waals surface area contributed by atoms with E-state index in [0.717, 1.165) is 6.42 Å². The average Bonchev–Trinajstić information content (AvgIpc) is 2.74. The molecular formula is C13H24N2O4. The van der Waals surface area contributed by atoms with Gasteiger partial charge in [-0.2, -0.15) is 0 Å². The SMILES string of the molecule is CON(C)C(=O)C[C@H]1CCN(C(=O)OC(C)(C)C)C1. The Bertz CT molecular complexity index is 338. The molecule has 1 rings (SSSR count). The van der Waals surface area contributed by atoms with Gasteiger partial charge in [0.2, 0.25) is 5.91 Å². The van der Waals surface area contributed by atoms with Crippen LogP contribution in [0.25, 0.3) is 0 Å². The minimum atomic E-state index is -0.485. The smallest absolute Gasteiger partial charge is 0.410 e. The lowest BCUT2D eigenvalue weighted by molar-refractivity contribution is -0.169. The third kappa shape index (κ3) is 5.06. The van der Waals surface area contributed by atoms with Gasteiger partial charge in [0.25, 0.3) is 0 Å². The summed E-state index contributed by atoms with van der Waals surface area (Å²) in [5.41, 5.74) is -0.485. The number of carbonyl (C=O) groups is 2. The molecule has 0 unspecified atom stereocenters. The van der Waals surface area contributed by atoms with Crippen LogP contribution in [0.2, 0.25) is 0 Å². The van der Waals surface area contributed by atoms with Crippen molar-refractivity contribution >= 4 is 12.0 Å². The number of amides is 2. The second-order valence-corrected chi connectivity index (χ2v) is 5.86. The molecule has 0 aliphatic carbocycles. The van der Waals surface area contributed by atoms with E-state index in [0.29, 0.717) is 19.5 Å². The quantitative estimate of drug-likeness (QED) is 0.733. The second-order valence-electron chi connectivity index (χ2n) is 5.86. The second kappa shape index (κ2) is 6.23. The van der Waals surface area contributed by atoms with Gasteiger partial charge in [-0.05, 0) is 33.1 Å². The van der Waals surface area contributed by atoms with Crippen LogP contribution in [0, 0.1) is 5.92 Å². The zero-order chi connectivity index (χ0) is 14.6. The summed E-state index contributed by atoms with van der Waals surface area (Å²) in [6, 6.07) is 0. The van der Waals surface area contributed by atoms with Gasteiger partial charge >= 0.3 is 6.09 Å². The van der Waals surface area contributed by atoms with Crippen molar-refractivity contribution in [3.05, 3.63) is 0 Å². The van der Waals surface area contributed by atoms with Crippen LogP contribution in [-0.2, 0) is 14.4 Å². The first-order chi connectivity index (χ1) is 8.73. The highest BCUT2D eigenvalue weighted by atomic mass is 16.7. The molecule has 0 aromatic carbocycles. The minimum Gasteiger partial charge on any atom is -0.444 e. The standard InChI is InChI=1S/C13H24N2O4/c1-13(2,3)19-12(17)15-7-6-10(9-15)8-11(16)14(4)18-5/h10H,6-9H2,1-5H3/t10-/m1/s1. The number of rotatable bonds is 3. The van der Waals surface area contributed by atoms with E-state index in [4.69, 9.17) is 9.57 Å². The Morgan fingerprint density at radius 3 is 2.53 bits per heavy atom. The summed E-state index contributed by atoms with van der Waals surface area (Å²) in [6.07, 6.45) is 0.911. The maximum Gasteiger partial charge on any atom is 0.410 e. The number of likely N-dealkylation sites (tertiary alicyclic amines) is 1. The Labute approximate surface area is 114 Å². The molecular weight excluding hydrogens is 248 g/mol. The molecule has 2 amide bonds. The van der Waals surface area contributed by atoms with Crippen molar-refractivity contribution in [2.24, 2.45) is 5.92 Å². The normalized spacial score (nSPS) is 19.4. The van der Waals surface area contributed by atoms with E-state index in [1.54, 1.807) is 11.9 Å². The van der Waals surface area contributed by atoms with Crippen molar-refractivity contribution in [3.8, 4) is 0 Å². The fourth-order valence-electron chi connectivity index (χ4n) is 1.97. The summed E-state index contributed by atoms with van der Waals surface area (Å²) in [7, 11) is 3.04. The third-order valence-corrected chi connectivity index (χ3v) is 3.03. The molecule has 1 aliphatic rings. The van der Waals surface area contributed by atoms with E-state index >= 15 is 0 Å². The average molecular weight is 272 g/mol. The van der Waals surface area contributed by atoms with Crippen molar-refractivity contribution in [3.63, 3.8) is 0 Å². The van der Waals surface area contributed by atoms with Crippen LogP contribution in [0.3, 0.4) is 0 Å². The Morgan fingerprint density at radius 1 is 1.37 bits per heavy atom. The van der Waals surface area contributed by atoms with E-state index in [1.807, 2.05) is 20.8 Å². The maximum absolute atomic E-state index is 11.9. The van der Waals surface area contributed by atoms with Crippen LogP contribution in [0.4, 0.5) is 4.79 Å². The molecule has 1 aliphatic heterocycles. The highest BCUT2D eigenvalue weighted by molar-refractivity contribution is 5.75. The number of nitrogens with zero attached hydrogens (tertiary/aromatic N) is 2. The van der Waals surface area contributed by atoms with E-state index in [9.17, 15) is 9.59 Å². The molecule has 1 saturated heterocycles. The first-order valence-corrected chi connectivity index (χ1v) is 6.51. The van der Waals surface area contributed by atoms with Crippen molar-refractivity contribution < 1.29 is 19.2 Å². The zero-order valence-corrected chi connectivity index (χ0v) is 12.4. The van der Waals surface area contributed by atoms with Gasteiger partial charge in [0.1, 0.15) is 5.60 Å². The van der Waals surface area contributed by atoms with Crippen molar-refractivity contribution in [2.75, 3.05) is 27.2 Å². The van der Waals surface area contributed by atoms with E-state index in [-0.39, 0.29) is 17.9 Å². The molecule has 1 atom stereocenters. The lowest BCUT2D eigenvalue weighted by Gasteiger charge is -2.24. The minimum absolute atomic E-state index is 0.0708. The number of ether oxygens (including phenoxy) is 1. The zero-order valence-electron chi connectivity index (χ0n) is 12.4. The predicted octanol–water partition coefficient (Wildman–Crippen LogP) is 1.65. The molecule has 0 radical (unpaired) electrons. The van der Waals surface area contributed by atoms with Gasteiger partial charge in [-0.15, -0.1) is 0 Å². The Hall–Kier alpha value is -1.30.